The van der Waals surface area contributed by atoms with Gasteiger partial charge in [-0.3, -0.25) is 4.79 Å². The summed E-state index contributed by atoms with van der Waals surface area (Å²) < 4.78 is 11.3. The van der Waals surface area contributed by atoms with Crippen LogP contribution in [0.15, 0.2) is 18.2 Å². The summed E-state index contributed by atoms with van der Waals surface area (Å²) in [6.45, 7) is 4.34. The van der Waals surface area contributed by atoms with Gasteiger partial charge >= 0.3 is 0 Å². The van der Waals surface area contributed by atoms with Crippen LogP contribution in [0, 0.1) is 0 Å². The Morgan fingerprint density at radius 2 is 1.96 bits per heavy atom. The molecule has 1 aromatic carbocycles. The van der Waals surface area contributed by atoms with Crippen LogP contribution in [0.2, 0.25) is 0 Å². The van der Waals surface area contributed by atoms with Crippen LogP contribution in [-0.2, 0) is 11.3 Å². The largest absolute Gasteiger partial charge is 0.493 e. The molecule has 1 aromatic rings. The fourth-order valence-corrected chi connectivity index (χ4v) is 3.94. The molecule has 0 unspecified atom stereocenters. The first kappa shape index (κ1) is 18.9. The fraction of sp³-hybridized carbons (Fsp3) is 0.529. The molecule has 1 aliphatic rings. The maximum Gasteiger partial charge on any atom is 0.233 e. The van der Waals surface area contributed by atoms with Gasteiger partial charge in [0.1, 0.15) is 4.32 Å². The summed E-state index contributed by atoms with van der Waals surface area (Å²) in [6.07, 6.45) is 2.36. The fourth-order valence-electron chi connectivity index (χ4n) is 2.50. The van der Waals surface area contributed by atoms with Crippen molar-refractivity contribution in [2.24, 2.45) is 0 Å². The second-order valence-electron chi connectivity index (χ2n) is 5.63. The van der Waals surface area contributed by atoms with Crippen molar-refractivity contribution in [3.05, 3.63) is 23.8 Å². The molecule has 1 aliphatic heterocycles. The van der Waals surface area contributed by atoms with Crippen LogP contribution in [0.1, 0.15) is 25.3 Å². The van der Waals surface area contributed by atoms with Gasteiger partial charge in [-0.05, 0) is 37.5 Å². The molecule has 1 fully saturated rings. The molecule has 1 N–H and O–H groups in total. The molecule has 7 heteroatoms. The molecule has 0 spiro atoms. The SMILES string of the molecule is COc1ccc(CNC(=O)[C@H](C)SC(=S)N2CCCC2)cc1OC. The lowest BCUT2D eigenvalue weighted by Crippen LogP contribution is -2.33. The standard InChI is InChI=1S/C17H24N2O3S2/c1-12(24-17(23)19-8-4-5-9-19)16(20)18-11-13-6-7-14(21-2)15(10-13)22-3/h6-7,10,12H,4-5,8-9,11H2,1-3H3,(H,18,20)/t12-/m0/s1. The van der Waals surface area contributed by atoms with Crippen molar-refractivity contribution in [1.29, 1.82) is 0 Å². The second kappa shape index (κ2) is 9.13. The number of methoxy groups -OCH3 is 2. The van der Waals surface area contributed by atoms with Gasteiger partial charge in [0.2, 0.25) is 5.91 Å². The Labute approximate surface area is 153 Å². The Kier molecular flexibility index (Phi) is 7.17. The first-order chi connectivity index (χ1) is 11.5. The Morgan fingerprint density at radius 3 is 2.58 bits per heavy atom. The van der Waals surface area contributed by atoms with Crippen LogP contribution in [-0.4, -0.2) is 47.7 Å². The molecule has 1 amide bonds. The van der Waals surface area contributed by atoms with Gasteiger partial charge in [-0.1, -0.05) is 30.0 Å². The summed E-state index contributed by atoms with van der Waals surface area (Å²) in [5, 5.41) is 2.74. The first-order valence-electron chi connectivity index (χ1n) is 7.99. The molecular formula is C17H24N2O3S2. The van der Waals surface area contributed by atoms with Crippen LogP contribution in [0.3, 0.4) is 0 Å². The van der Waals surface area contributed by atoms with Gasteiger partial charge in [-0.25, -0.2) is 0 Å². The van der Waals surface area contributed by atoms with E-state index in [1.807, 2.05) is 25.1 Å². The molecule has 0 aromatic heterocycles. The number of ether oxygens (including phenoxy) is 2. The van der Waals surface area contributed by atoms with Crippen LogP contribution >= 0.6 is 24.0 Å². The minimum atomic E-state index is -0.210. The van der Waals surface area contributed by atoms with Crippen molar-refractivity contribution >= 4 is 34.2 Å². The number of carbonyl (C=O) groups excluding carboxylic acids is 1. The van der Waals surface area contributed by atoms with Gasteiger partial charge in [-0.2, -0.15) is 0 Å². The minimum Gasteiger partial charge on any atom is -0.493 e. The Morgan fingerprint density at radius 1 is 1.29 bits per heavy atom. The first-order valence-corrected chi connectivity index (χ1v) is 9.28. The number of carbonyl (C=O) groups is 1. The van der Waals surface area contributed by atoms with Crippen LogP contribution < -0.4 is 14.8 Å². The van der Waals surface area contributed by atoms with Crippen molar-refractivity contribution in [1.82, 2.24) is 10.2 Å². The smallest absolute Gasteiger partial charge is 0.233 e. The lowest BCUT2D eigenvalue weighted by Gasteiger charge is -2.20. The molecular weight excluding hydrogens is 344 g/mol. The van der Waals surface area contributed by atoms with Crippen molar-refractivity contribution in [2.45, 2.75) is 31.6 Å². The molecule has 1 heterocycles. The van der Waals surface area contributed by atoms with Crippen molar-refractivity contribution in [3.8, 4) is 11.5 Å². The molecule has 5 nitrogen and oxygen atoms in total. The Balaban J connectivity index is 1.84. The molecule has 0 bridgehead atoms. The van der Waals surface area contributed by atoms with Gasteiger partial charge in [0.25, 0.3) is 0 Å². The highest BCUT2D eigenvalue weighted by atomic mass is 32.2. The highest BCUT2D eigenvalue weighted by Crippen LogP contribution is 2.27. The number of thioether (sulfide) groups is 1. The number of hydrogen-bond acceptors (Lipinski definition) is 5. The molecule has 24 heavy (non-hydrogen) atoms. The zero-order chi connectivity index (χ0) is 17.5. The molecule has 1 saturated heterocycles. The topological polar surface area (TPSA) is 50.8 Å². The molecule has 0 saturated carbocycles. The summed E-state index contributed by atoms with van der Waals surface area (Å²) in [7, 11) is 3.19. The average Bonchev–Trinajstić information content (AvgIpc) is 3.13. The van der Waals surface area contributed by atoms with Gasteiger partial charge < -0.3 is 19.7 Å². The lowest BCUT2D eigenvalue weighted by molar-refractivity contribution is -0.120. The average molecular weight is 369 g/mol. The number of likely N-dealkylation sites (tertiary alicyclic amines) is 1. The second-order valence-corrected chi connectivity index (χ2v) is 7.60. The predicted octanol–water partition coefficient (Wildman–Crippen LogP) is 2.82. The van der Waals surface area contributed by atoms with Crippen molar-refractivity contribution in [3.63, 3.8) is 0 Å². The molecule has 132 valence electrons. The number of amides is 1. The van der Waals surface area contributed by atoms with Gasteiger partial charge in [0.05, 0.1) is 19.5 Å². The van der Waals surface area contributed by atoms with Crippen molar-refractivity contribution < 1.29 is 14.3 Å². The van der Waals surface area contributed by atoms with Gasteiger partial charge in [0.15, 0.2) is 11.5 Å². The van der Waals surface area contributed by atoms with E-state index in [4.69, 9.17) is 21.7 Å². The molecule has 2 rings (SSSR count). The zero-order valence-electron chi connectivity index (χ0n) is 14.3. The minimum absolute atomic E-state index is 0.0173. The van der Waals surface area contributed by atoms with E-state index in [1.54, 1.807) is 14.2 Å². The molecule has 0 aliphatic carbocycles. The number of thiocarbonyl (C=S) groups is 1. The number of nitrogens with zero attached hydrogens (tertiary/aromatic N) is 1. The third kappa shape index (κ3) is 5.01. The summed E-state index contributed by atoms with van der Waals surface area (Å²) >= 11 is 6.88. The van der Waals surface area contributed by atoms with E-state index in [0.29, 0.717) is 18.0 Å². The highest BCUT2D eigenvalue weighted by molar-refractivity contribution is 8.23. The van der Waals surface area contributed by atoms with Crippen LogP contribution in [0.25, 0.3) is 0 Å². The third-order valence-electron chi connectivity index (χ3n) is 3.93. The number of nitrogens with one attached hydrogen (secondary N) is 1. The summed E-state index contributed by atoms with van der Waals surface area (Å²) in [5.41, 5.74) is 0.959. The van der Waals surface area contributed by atoms with Gasteiger partial charge in [-0.15, -0.1) is 0 Å². The molecule has 0 radical (unpaired) electrons. The van der Waals surface area contributed by atoms with E-state index in [9.17, 15) is 4.79 Å². The Bertz CT molecular complexity index is 589. The maximum absolute atomic E-state index is 12.3. The van der Waals surface area contributed by atoms with E-state index in [0.717, 1.165) is 23.0 Å². The van der Waals surface area contributed by atoms with E-state index >= 15 is 0 Å². The van der Waals surface area contributed by atoms with E-state index < -0.39 is 0 Å². The van der Waals surface area contributed by atoms with Crippen LogP contribution in [0.4, 0.5) is 0 Å². The van der Waals surface area contributed by atoms with Crippen molar-refractivity contribution in [2.75, 3.05) is 27.3 Å². The molecule has 1 atom stereocenters. The third-order valence-corrected chi connectivity index (χ3v) is 5.50. The van der Waals surface area contributed by atoms with E-state index in [1.165, 1.54) is 24.6 Å². The summed E-state index contributed by atoms with van der Waals surface area (Å²) in [4.78, 5) is 14.5. The Hall–Kier alpha value is -1.47. The highest BCUT2D eigenvalue weighted by Gasteiger charge is 2.21. The monoisotopic (exact) mass is 368 g/mol. The normalized spacial score (nSPS) is 15.0. The number of hydrogen-bond donors (Lipinski definition) is 1. The predicted molar refractivity (Wildman–Crippen MR) is 102 cm³/mol. The zero-order valence-corrected chi connectivity index (χ0v) is 16.0. The number of benzene rings is 1. The lowest BCUT2D eigenvalue weighted by atomic mass is 10.2. The number of rotatable bonds is 6. The summed E-state index contributed by atoms with van der Waals surface area (Å²) in [6, 6.07) is 5.61. The summed E-state index contributed by atoms with van der Waals surface area (Å²) in [5.74, 6) is 1.31. The van der Waals surface area contributed by atoms with Crippen LogP contribution in [0.5, 0.6) is 11.5 Å². The maximum atomic E-state index is 12.3. The van der Waals surface area contributed by atoms with Gasteiger partial charge in [0, 0.05) is 19.6 Å². The van der Waals surface area contributed by atoms with E-state index in [-0.39, 0.29) is 11.2 Å². The quantitative estimate of drug-likeness (QED) is 0.779. The van der Waals surface area contributed by atoms with E-state index in [2.05, 4.69) is 10.2 Å².